The van der Waals surface area contributed by atoms with Gasteiger partial charge in [0.15, 0.2) is 0 Å². The van der Waals surface area contributed by atoms with Crippen molar-refractivity contribution in [1.82, 2.24) is 0 Å². The molecule has 0 heterocycles. The van der Waals surface area contributed by atoms with Gasteiger partial charge in [0.05, 0.1) is 11.1 Å². The van der Waals surface area contributed by atoms with Crippen molar-refractivity contribution in [2.24, 2.45) is 5.73 Å². The van der Waals surface area contributed by atoms with Gasteiger partial charge in [0.1, 0.15) is 0 Å². The average Bonchev–Trinajstić information content (AvgIpc) is 2.32. The maximum absolute atomic E-state index is 6.23. The molecule has 1 atom stereocenters. The molecule has 17 heavy (non-hydrogen) atoms. The van der Waals surface area contributed by atoms with Crippen LogP contribution in [0.4, 0.5) is 0 Å². The summed E-state index contributed by atoms with van der Waals surface area (Å²) in [5, 5.41) is 0.686. The number of hydrogen-bond acceptors (Lipinski definition) is 1. The zero-order chi connectivity index (χ0) is 12.4. The van der Waals surface area contributed by atoms with Gasteiger partial charge in [0, 0.05) is 4.47 Å². The Kier molecular flexibility index (Phi) is 3.87. The highest BCUT2D eigenvalue weighted by Gasteiger charge is 2.10. The van der Waals surface area contributed by atoms with Crippen molar-refractivity contribution in [3.05, 3.63) is 68.7 Å². The maximum atomic E-state index is 6.23. The summed E-state index contributed by atoms with van der Waals surface area (Å²) >= 11 is 9.45. The quantitative estimate of drug-likeness (QED) is 0.871. The van der Waals surface area contributed by atoms with Gasteiger partial charge in [-0.1, -0.05) is 47.5 Å². The van der Waals surface area contributed by atoms with Crippen molar-refractivity contribution in [3.8, 4) is 0 Å². The third kappa shape index (κ3) is 2.89. The lowest BCUT2D eigenvalue weighted by Crippen LogP contribution is -2.11. The summed E-state index contributed by atoms with van der Waals surface area (Å²) in [6.45, 7) is 2.06. The second kappa shape index (κ2) is 5.21. The fourth-order valence-electron chi connectivity index (χ4n) is 1.76. The summed E-state index contributed by atoms with van der Waals surface area (Å²) in [6.07, 6.45) is 0. The van der Waals surface area contributed by atoms with E-state index in [1.165, 1.54) is 5.56 Å². The first-order valence-corrected chi connectivity index (χ1v) is 6.52. The van der Waals surface area contributed by atoms with Crippen LogP contribution in [0, 0.1) is 6.92 Å². The van der Waals surface area contributed by atoms with E-state index in [4.69, 9.17) is 17.3 Å². The molecular formula is C14H13BrClN. The molecule has 0 aliphatic rings. The molecule has 0 fully saturated rings. The average molecular weight is 311 g/mol. The van der Waals surface area contributed by atoms with E-state index in [2.05, 4.69) is 35.0 Å². The number of aryl methyl sites for hydroxylation is 1. The SMILES string of the molecule is Cc1cccc(C(N)c2ccc(Br)c(Cl)c2)c1. The topological polar surface area (TPSA) is 26.0 Å². The van der Waals surface area contributed by atoms with Gasteiger partial charge in [-0.2, -0.15) is 0 Å². The lowest BCUT2D eigenvalue weighted by atomic mass is 9.98. The van der Waals surface area contributed by atoms with Crippen LogP contribution in [0.1, 0.15) is 22.7 Å². The highest BCUT2D eigenvalue weighted by Crippen LogP contribution is 2.28. The van der Waals surface area contributed by atoms with Gasteiger partial charge in [0.2, 0.25) is 0 Å². The standard InChI is InChI=1S/C14H13BrClN/c1-9-3-2-4-10(7-9)14(17)11-5-6-12(15)13(16)8-11/h2-8,14H,17H2,1H3. The molecule has 2 N–H and O–H groups in total. The normalized spacial score (nSPS) is 12.5. The number of nitrogens with two attached hydrogens (primary N) is 1. The first kappa shape index (κ1) is 12.6. The van der Waals surface area contributed by atoms with Gasteiger partial charge in [-0.05, 0) is 46.1 Å². The molecule has 0 aliphatic carbocycles. The molecule has 0 aromatic heterocycles. The molecule has 1 unspecified atom stereocenters. The molecule has 0 radical (unpaired) electrons. The van der Waals surface area contributed by atoms with E-state index in [9.17, 15) is 0 Å². The van der Waals surface area contributed by atoms with E-state index in [0.29, 0.717) is 5.02 Å². The predicted octanol–water partition coefficient (Wildman–Crippen LogP) is 4.46. The summed E-state index contributed by atoms with van der Waals surface area (Å²) in [7, 11) is 0. The molecule has 0 saturated heterocycles. The van der Waals surface area contributed by atoms with E-state index in [-0.39, 0.29) is 6.04 Å². The molecule has 1 nitrogen and oxygen atoms in total. The minimum absolute atomic E-state index is 0.138. The fourth-order valence-corrected chi connectivity index (χ4v) is 2.20. The number of hydrogen-bond donors (Lipinski definition) is 1. The zero-order valence-corrected chi connectivity index (χ0v) is 11.8. The summed E-state index contributed by atoms with van der Waals surface area (Å²) < 4.78 is 0.888. The van der Waals surface area contributed by atoms with Gasteiger partial charge in [0.25, 0.3) is 0 Å². The molecule has 0 saturated carbocycles. The Balaban J connectivity index is 2.36. The van der Waals surface area contributed by atoms with Crippen LogP contribution < -0.4 is 5.73 Å². The van der Waals surface area contributed by atoms with E-state index in [1.807, 2.05) is 30.3 Å². The van der Waals surface area contributed by atoms with Crippen LogP contribution in [0.5, 0.6) is 0 Å². The van der Waals surface area contributed by atoms with Crippen LogP contribution in [0.25, 0.3) is 0 Å². The summed E-state index contributed by atoms with van der Waals surface area (Å²) in [5.41, 5.74) is 9.56. The molecule has 2 rings (SSSR count). The monoisotopic (exact) mass is 309 g/mol. The number of halogens is 2. The Morgan fingerprint density at radius 1 is 1.12 bits per heavy atom. The molecule has 3 heteroatoms. The third-order valence-corrected chi connectivity index (χ3v) is 3.94. The van der Waals surface area contributed by atoms with Crippen molar-refractivity contribution >= 4 is 27.5 Å². The number of benzene rings is 2. The fraction of sp³-hybridized carbons (Fsp3) is 0.143. The van der Waals surface area contributed by atoms with Gasteiger partial charge >= 0.3 is 0 Å². The molecule has 88 valence electrons. The predicted molar refractivity (Wildman–Crippen MR) is 76.4 cm³/mol. The van der Waals surface area contributed by atoms with Crippen molar-refractivity contribution < 1.29 is 0 Å². The van der Waals surface area contributed by atoms with Gasteiger partial charge in [-0.15, -0.1) is 0 Å². The molecule has 0 amide bonds. The van der Waals surface area contributed by atoms with E-state index < -0.39 is 0 Å². The highest BCUT2D eigenvalue weighted by molar-refractivity contribution is 9.10. The Labute approximate surface area is 115 Å². The molecule has 0 bridgehead atoms. The Morgan fingerprint density at radius 2 is 1.82 bits per heavy atom. The van der Waals surface area contributed by atoms with Crippen LogP contribution in [0.2, 0.25) is 5.02 Å². The first-order chi connectivity index (χ1) is 8.08. The van der Waals surface area contributed by atoms with Gasteiger partial charge in [-0.3, -0.25) is 0 Å². The largest absolute Gasteiger partial charge is 0.320 e. The molecule has 0 spiro atoms. The van der Waals surface area contributed by atoms with Crippen LogP contribution in [0.3, 0.4) is 0 Å². The van der Waals surface area contributed by atoms with Crippen molar-refractivity contribution in [2.45, 2.75) is 13.0 Å². The van der Waals surface area contributed by atoms with Gasteiger partial charge < -0.3 is 5.73 Å². The van der Waals surface area contributed by atoms with Crippen molar-refractivity contribution in [1.29, 1.82) is 0 Å². The lowest BCUT2D eigenvalue weighted by molar-refractivity contribution is 0.869. The molecule has 2 aromatic rings. The van der Waals surface area contributed by atoms with Crippen LogP contribution in [0.15, 0.2) is 46.9 Å². The van der Waals surface area contributed by atoms with Crippen LogP contribution in [-0.2, 0) is 0 Å². The van der Waals surface area contributed by atoms with Crippen LogP contribution >= 0.6 is 27.5 Å². The summed E-state index contributed by atoms with van der Waals surface area (Å²) in [5.74, 6) is 0. The lowest BCUT2D eigenvalue weighted by Gasteiger charge is -2.14. The van der Waals surface area contributed by atoms with Crippen LogP contribution in [-0.4, -0.2) is 0 Å². The van der Waals surface area contributed by atoms with Crippen molar-refractivity contribution in [3.63, 3.8) is 0 Å². The zero-order valence-electron chi connectivity index (χ0n) is 9.45. The summed E-state index contributed by atoms with van der Waals surface area (Å²) in [6, 6.07) is 13.9. The van der Waals surface area contributed by atoms with E-state index >= 15 is 0 Å². The van der Waals surface area contributed by atoms with Gasteiger partial charge in [-0.25, -0.2) is 0 Å². The van der Waals surface area contributed by atoms with Crippen molar-refractivity contribution in [2.75, 3.05) is 0 Å². The Morgan fingerprint density at radius 3 is 2.47 bits per heavy atom. The Bertz CT molecular complexity index is 539. The van der Waals surface area contributed by atoms with E-state index in [1.54, 1.807) is 0 Å². The minimum atomic E-state index is -0.138. The Hall–Kier alpha value is -0.830. The number of rotatable bonds is 2. The molecular weight excluding hydrogens is 298 g/mol. The highest BCUT2D eigenvalue weighted by atomic mass is 79.9. The minimum Gasteiger partial charge on any atom is -0.320 e. The van der Waals surface area contributed by atoms with E-state index in [0.717, 1.165) is 15.6 Å². The first-order valence-electron chi connectivity index (χ1n) is 5.35. The summed E-state index contributed by atoms with van der Waals surface area (Å²) in [4.78, 5) is 0. The molecule has 0 aliphatic heterocycles. The molecule has 2 aromatic carbocycles. The second-order valence-electron chi connectivity index (χ2n) is 4.07. The second-order valence-corrected chi connectivity index (χ2v) is 5.33. The third-order valence-electron chi connectivity index (χ3n) is 2.70. The smallest absolute Gasteiger partial charge is 0.0552 e. The maximum Gasteiger partial charge on any atom is 0.0552 e.